The molecule has 0 bridgehead atoms. The molecule has 1 amide bonds. The van der Waals surface area contributed by atoms with E-state index in [1.807, 2.05) is 18.7 Å². The van der Waals surface area contributed by atoms with E-state index in [9.17, 15) is 4.79 Å². The molecule has 1 rings (SSSR count). The number of hydrogen-bond donors (Lipinski definition) is 0. The van der Waals surface area contributed by atoms with Gasteiger partial charge in [0.15, 0.2) is 0 Å². The summed E-state index contributed by atoms with van der Waals surface area (Å²) in [5.74, 6) is 0.211. The molecular formula is C12H20N2O. The number of likely N-dealkylation sites (tertiary alicyclic amines) is 1. The first-order valence-corrected chi connectivity index (χ1v) is 5.67. The lowest BCUT2D eigenvalue weighted by atomic mass is 9.96. The highest BCUT2D eigenvalue weighted by atomic mass is 16.2. The molecule has 0 spiro atoms. The van der Waals surface area contributed by atoms with E-state index in [1.165, 1.54) is 0 Å². The SMILES string of the molecule is CC1CC(C)N(C(=O)C(C#N)C(C)C)C1. The lowest BCUT2D eigenvalue weighted by molar-refractivity contribution is -0.135. The maximum Gasteiger partial charge on any atom is 0.240 e. The van der Waals surface area contributed by atoms with Crippen molar-refractivity contribution < 1.29 is 4.79 Å². The molecule has 0 aromatic carbocycles. The van der Waals surface area contributed by atoms with Crippen LogP contribution < -0.4 is 0 Å². The molecule has 3 heteroatoms. The number of rotatable bonds is 2. The van der Waals surface area contributed by atoms with Crippen molar-refractivity contribution in [2.45, 2.75) is 40.2 Å². The van der Waals surface area contributed by atoms with Gasteiger partial charge in [-0.2, -0.15) is 5.26 Å². The minimum absolute atomic E-state index is 0.0179. The zero-order chi connectivity index (χ0) is 11.6. The largest absolute Gasteiger partial charge is 0.339 e. The third-order valence-corrected chi connectivity index (χ3v) is 3.14. The number of amides is 1. The van der Waals surface area contributed by atoms with E-state index < -0.39 is 5.92 Å². The van der Waals surface area contributed by atoms with E-state index in [-0.39, 0.29) is 11.8 Å². The van der Waals surface area contributed by atoms with E-state index in [1.54, 1.807) is 0 Å². The normalized spacial score (nSPS) is 27.9. The van der Waals surface area contributed by atoms with Gasteiger partial charge in [0.05, 0.1) is 6.07 Å². The summed E-state index contributed by atoms with van der Waals surface area (Å²) in [7, 11) is 0. The Morgan fingerprint density at radius 2 is 2.07 bits per heavy atom. The van der Waals surface area contributed by atoms with Gasteiger partial charge in [-0.1, -0.05) is 20.8 Å². The first-order chi connectivity index (χ1) is 6.97. The summed E-state index contributed by atoms with van der Waals surface area (Å²) in [5.41, 5.74) is 0. The highest BCUT2D eigenvalue weighted by molar-refractivity contribution is 5.82. The molecule has 1 aliphatic rings. The molecular weight excluding hydrogens is 188 g/mol. The third kappa shape index (κ3) is 2.50. The van der Waals surface area contributed by atoms with Gasteiger partial charge in [-0.3, -0.25) is 4.79 Å². The molecule has 0 aromatic heterocycles. The fourth-order valence-corrected chi connectivity index (χ4v) is 2.28. The van der Waals surface area contributed by atoms with E-state index in [2.05, 4.69) is 19.9 Å². The standard InChI is InChI=1S/C12H20N2O/c1-8(2)11(6-13)12(15)14-7-9(3)5-10(14)4/h8-11H,5,7H2,1-4H3. The lowest BCUT2D eigenvalue weighted by Crippen LogP contribution is -2.39. The Morgan fingerprint density at radius 3 is 2.40 bits per heavy atom. The Labute approximate surface area is 92.1 Å². The summed E-state index contributed by atoms with van der Waals surface area (Å²) >= 11 is 0. The van der Waals surface area contributed by atoms with Crippen LogP contribution in [0.1, 0.15) is 34.1 Å². The van der Waals surface area contributed by atoms with Crippen molar-refractivity contribution in [3.05, 3.63) is 0 Å². The van der Waals surface area contributed by atoms with Crippen molar-refractivity contribution in [1.82, 2.24) is 4.90 Å². The first-order valence-electron chi connectivity index (χ1n) is 5.67. The van der Waals surface area contributed by atoms with Crippen molar-refractivity contribution >= 4 is 5.91 Å². The second-order valence-corrected chi connectivity index (χ2v) is 5.03. The molecule has 1 fully saturated rings. The fraction of sp³-hybridized carbons (Fsp3) is 0.833. The molecule has 3 nitrogen and oxygen atoms in total. The number of nitriles is 1. The molecule has 0 aliphatic carbocycles. The summed E-state index contributed by atoms with van der Waals surface area (Å²) in [6, 6.07) is 2.42. The van der Waals surface area contributed by atoms with Gasteiger partial charge in [0.25, 0.3) is 0 Å². The van der Waals surface area contributed by atoms with Gasteiger partial charge in [-0.05, 0) is 25.2 Å². The summed E-state index contributed by atoms with van der Waals surface area (Å²) in [5, 5.41) is 8.98. The number of nitrogens with zero attached hydrogens (tertiary/aromatic N) is 2. The van der Waals surface area contributed by atoms with Gasteiger partial charge in [-0.15, -0.1) is 0 Å². The van der Waals surface area contributed by atoms with Crippen LogP contribution in [-0.2, 0) is 4.79 Å². The molecule has 0 aromatic rings. The minimum atomic E-state index is -0.474. The summed E-state index contributed by atoms with van der Waals surface area (Å²) in [6.07, 6.45) is 1.06. The van der Waals surface area contributed by atoms with Gasteiger partial charge in [-0.25, -0.2) is 0 Å². The predicted octanol–water partition coefficient (Wildman–Crippen LogP) is 2.04. The van der Waals surface area contributed by atoms with Crippen LogP contribution in [0.4, 0.5) is 0 Å². The molecule has 1 aliphatic heterocycles. The maximum absolute atomic E-state index is 12.1. The molecule has 0 saturated carbocycles. The quantitative estimate of drug-likeness (QED) is 0.697. The Bertz CT molecular complexity index is 280. The Balaban J connectivity index is 2.72. The van der Waals surface area contributed by atoms with Crippen LogP contribution in [0.3, 0.4) is 0 Å². The smallest absolute Gasteiger partial charge is 0.240 e. The minimum Gasteiger partial charge on any atom is -0.339 e. The average Bonchev–Trinajstić information content (AvgIpc) is 2.45. The molecule has 1 saturated heterocycles. The zero-order valence-corrected chi connectivity index (χ0v) is 10.0. The van der Waals surface area contributed by atoms with Crippen LogP contribution in [0.15, 0.2) is 0 Å². The molecule has 15 heavy (non-hydrogen) atoms. The van der Waals surface area contributed by atoms with Crippen molar-refractivity contribution in [3.8, 4) is 6.07 Å². The molecule has 0 radical (unpaired) electrons. The Kier molecular flexibility index (Phi) is 3.73. The van der Waals surface area contributed by atoms with E-state index in [0.29, 0.717) is 12.0 Å². The van der Waals surface area contributed by atoms with Gasteiger partial charge < -0.3 is 4.90 Å². The summed E-state index contributed by atoms with van der Waals surface area (Å²) in [4.78, 5) is 14.0. The zero-order valence-electron chi connectivity index (χ0n) is 10.0. The van der Waals surface area contributed by atoms with E-state index in [0.717, 1.165) is 13.0 Å². The number of carbonyl (C=O) groups is 1. The van der Waals surface area contributed by atoms with Crippen molar-refractivity contribution in [2.75, 3.05) is 6.54 Å². The molecule has 1 heterocycles. The number of hydrogen-bond acceptors (Lipinski definition) is 2. The topological polar surface area (TPSA) is 44.1 Å². The van der Waals surface area contributed by atoms with Crippen LogP contribution >= 0.6 is 0 Å². The molecule has 3 unspecified atom stereocenters. The van der Waals surface area contributed by atoms with Crippen LogP contribution in [0.5, 0.6) is 0 Å². The van der Waals surface area contributed by atoms with E-state index in [4.69, 9.17) is 5.26 Å². The Morgan fingerprint density at radius 1 is 1.47 bits per heavy atom. The highest BCUT2D eigenvalue weighted by Gasteiger charge is 2.34. The lowest BCUT2D eigenvalue weighted by Gasteiger charge is -2.25. The summed E-state index contributed by atoms with van der Waals surface area (Å²) < 4.78 is 0. The number of carbonyl (C=O) groups excluding carboxylic acids is 1. The van der Waals surface area contributed by atoms with Crippen LogP contribution in [0.25, 0.3) is 0 Å². The second kappa shape index (κ2) is 4.65. The fourth-order valence-electron chi connectivity index (χ4n) is 2.28. The van der Waals surface area contributed by atoms with Crippen molar-refractivity contribution in [2.24, 2.45) is 17.8 Å². The van der Waals surface area contributed by atoms with Gasteiger partial charge in [0.2, 0.25) is 5.91 Å². The Hall–Kier alpha value is -1.04. The van der Waals surface area contributed by atoms with Crippen LogP contribution in [0.2, 0.25) is 0 Å². The van der Waals surface area contributed by atoms with Gasteiger partial charge in [0.1, 0.15) is 5.92 Å². The van der Waals surface area contributed by atoms with Crippen molar-refractivity contribution in [3.63, 3.8) is 0 Å². The highest BCUT2D eigenvalue weighted by Crippen LogP contribution is 2.25. The van der Waals surface area contributed by atoms with E-state index >= 15 is 0 Å². The second-order valence-electron chi connectivity index (χ2n) is 5.03. The van der Waals surface area contributed by atoms with Crippen molar-refractivity contribution in [1.29, 1.82) is 5.26 Å². The molecule has 0 N–H and O–H groups in total. The molecule has 84 valence electrons. The van der Waals surface area contributed by atoms with Gasteiger partial charge in [0, 0.05) is 12.6 Å². The average molecular weight is 208 g/mol. The molecule has 3 atom stereocenters. The summed E-state index contributed by atoms with van der Waals surface area (Å²) in [6.45, 7) is 8.88. The van der Waals surface area contributed by atoms with Gasteiger partial charge >= 0.3 is 0 Å². The van der Waals surface area contributed by atoms with Crippen LogP contribution in [-0.4, -0.2) is 23.4 Å². The maximum atomic E-state index is 12.1. The van der Waals surface area contributed by atoms with Crippen LogP contribution in [0, 0.1) is 29.1 Å². The third-order valence-electron chi connectivity index (χ3n) is 3.14. The predicted molar refractivity (Wildman–Crippen MR) is 58.9 cm³/mol. The first kappa shape index (κ1) is 12.0. The monoisotopic (exact) mass is 208 g/mol.